The van der Waals surface area contributed by atoms with Crippen molar-refractivity contribution in [2.24, 2.45) is 0 Å². The molecular formula is C7H13NS. The fraction of sp³-hybridized carbons (Fsp3) is 0.857. The van der Waals surface area contributed by atoms with Crippen LogP contribution in [0, 0.1) is 6.57 Å². The molecule has 1 nitrogen and oxygen atoms in total. The Morgan fingerprint density at radius 2 is 2.22 bits per heavy atom. The summed E-state index contributed by atoms with van der Waals surface area (Å²) in [4.78, 5) is 3.25. The van der Waals surface area contributed by atoms with Crippen molar-refractivity contribution >= 4 is 11.8 Å². The Hall–Kier alpha value is -0.160. The fourth-order valence-corrected chi connectivity index (χ4v) is 1.19. The van der Waals surface area contributed by atoms with Crippen molar-refractivity contribution in [2.75, 3.05) is 11.6 Å². The van der Waals surface area contributed by atoms with E-state index < -0.39 is 0 Å². The molecule has 0 aromatic rings. The van der Waals surface area contributed by atoms with Crippen molar-refractivity contribution in [1.29, 1.82) is 0 Å². The molecule has 52 valence electrons. The highest BCUT2D eigenvalue weighted by molar-refractivity contribution is 7.99. The molecule has 0 saturated heterocycles. The van der Waals surface area contributed by atoms with Crippen LogP contribution in [0.1, 0.15) is 26.2 Å². The second-order valence-electron chi connectivity index (χ2n) is 1.90. The molecule has 0 radical (unpaired) electrons. The molecule has 0 aromatic heterocycles. The first-order valence-electron chi connectivity index (χ1n) is 3.32. The maximum absolute atomic E-state index is 6.49. The highest BCUT2D eigenvalue weighted by Crippen LogP contribution is 2.05. The standard InChI is InChI=1S/C7H13NS/c1-3-4-5-6-9-7-8-2/h3-7H2,1H3. The van der Waals surface area contributed by atoms with E-state index in [1.807, 2.05) is 0 Å². The normalized spacial score (nSPS) is 8.89. The van der Waals surface area contributed by atoms with Crippen LogP contribution in [0.4, 0.5) is 0 Å². The average molecular weight is 143 g/mol. The number of nitrogens with zero attached hydrogens (tertiary/aromatic N) is 1. The molecule has 0 aliphatic carbocycles. The first-order valence-corrected chi connectivity index (χ1v) is 4.48. The molecule has 9 heavy (non-hydrogen) atoms. The summed E-state index contributed by atoms with van der Waals surface area (Å²) in [6.45, 7) is 8.68. The van der Waals surface area contributed by atoms with E-state index in [2.05, 4.69) is 11.8 Å². The van der Waals surface area contributed by atoms with Crippen LogP contribution < -0.4 is 0 Å². The molecule has 0 rings (SSSR count). The van der Waals surface area contributed by atoms with Gasteiger partial charge in [-0.15, -0.1) is 0 Å². The van der Waals surface area contributed by atoms with Gasteiger partial charge in [0.1, 0.15) is 0 Å². The molecule has 2 heteroatoms. The summed E-state index contributed by atoms with van der Waals surface area (Å²) in [6.07, 6.45) is 3.86. The van der Waals surface area contributed by atoms with Crippen LogP contribution in [-0.2, 0) is 0 Å². The second-order valence-corrected chi connectivity index (χ2v) is 2.98. The molecular weight excluding hydrogens is 130 g/mol. The van der Waals surface area contributed by atoms with Crippen LogP contribution in [0.3, 0.4) is 0 Å². The van der Waals surface area contributed by atoms with Crippen molar-refractivity contribution in [2.45, 2.75) is 26.2 Å². The van der Waals surface area contributed by atoms with Gasteiger partial charge in [0.2, 0.25) is 0 Å². The van der Waals surface area contributed by atoms with Gasteiger partial charge >= 0.3 is 0 Å². The zero-order valence-electron chi connectivity index (χ0n) is 5.89. The lowest BCUT2D eigenvalue weighted by Crippen LogP contribution is -1.78. The van der Waals surface area contributed by atoms with Gasteiger partial charge in [-0.2, -0.15) is 0 Å². The Morgan fingerprint density at radius 1 is 1.44 bits per heavy atom. The van der Waals surface area contributed by atoms with E-state index in [9.17, 15) is 0 Å². The lowest BCUT2D eigenvalue weighted by Gasteiger charge is -1.91. The molecule has 0 spiro atoms. The first kappa shape index (κ1) is 8.84. The van der Waals surface area contributed by atoms with Crippen LogP contribution in [0.5, 0.6) is 0 Å². The second kappa shape index (κ2) is 7.84. The summed E-state index contributed by atoms with van der Waals surface area (Å²) in [5, 5.41) is 0. The van der Waals surface area contributed by atoms with Gasteiger partial charge in [-0.3, -0.25) is 0 Å². The van der Waals surface area contributed by atoms with Crippen LogP contribution in [-0.4, -0.2) is 11.6 Å². The van der Waals surface area contributed by atoms with Crippen molar-refractivity contribution in [3.8, 4) is 0 Å². The fourth-order valence-electron chi connectivity index (χ4n) is 0.564. The topological polar surface area (TPSA) is 4.36 Å². The number of unbranched alkanes of at least 4 members (excludes halogenated alkanes) is 2. The smallest absolute Gasteiger partial charge is 0.260 e. The molecule has 0 aliphatic rings. The predicted octanol–water partition coefficient (Wildman–Crippen LogP) is 2.79. The summed E-state index contributed by atoms with van der Waals surface area (Å²) >= 11 is 1.74. The van der Waals surface area contributed by atoms with E-state index in [0.29, 0.717) is 5.88 Å². The number of thioether (sulfide) groups is 1. The highest BCUT2D eigenvalue weighted by Gasteiger charge is 1.87. The Labute approximate surface area is 61.7 Å². The molecule has 0 N–H and O–H groups in total. The van der Waals surface area contributed by atoms with Crippen molar-refractivity contribution in [1.82, 2.24) is 0 Å². The molecule has 0 heterocycles. The molecule has 0 bridgehead atoms. The molecule has 0 unspecified atom stereocenters. The minimum atomic E-state index is 0.643. The molecule has 0 aliphatic heterocycles. The number of hydrogen-bond donors (Lipinski definition) is 0. The summed E-state index contributed by atoms with van der Waals surface area (Å²) < 4.78 is 0. The van der Waals surface area contributed by atoms with E-state index in [4.69, 9.17) is 6.57 Å². The summed E-state index contributed by atoms with van der Waals surface area (Å²) in [7, 11) is 0. The molecule has 0 atom stereocenters. The Bertz CT molecular complexity index is 85.4. The third kappa shape index (κ3) is 7.84. The number of hydrogen-bond acceptors (Lipinski definition) is 1. The highest BCUT2D eigenvalue weighted by atomic mass is 32.2. The molecule has 0 aromatic carbocycles. The maximum atomic E-state index is 6.49. The van der Waals surface area contributed by atoms with Gasteiger partial charge in [0.25, 0.3) is 5.88 Å². The van der Waals surface area contributed by atoms with E-state index in [-0.39, 0.29) is 0 Å². The SMILES string of the molecule is [C-]#[N+]CSCCCCC. The first-order chi connectivity index (χ1) is 4.41. The Balaban J connectivity index is 2.69. The van der Waals surface area contributed by atoms with Gasteiger partial charge in [0.15, 0.2) is 0 Å². The van der Waals surface area contributed by atoms with Crippen molar-refractivity contribution < 1.29 is 0 Å². The Morgan fingerprint density at radius 3 is 2.78 bits per heavy atom. The van der Waals surface area contributed by atoms with E-state index in [1.54, 1.807) is 11.8 Å². The quantitative estimate of drug-likeness (QED) is 0.423. The Kier molecular flexibility index (Phi) is 7.70. The van der Waals surface area contributed by atoms with Gasteiger partial charge in [0.05, 0.1) is 0 Å². The average Bonchev–Trinajstić information content (AvgIpc) is 1.89. The number of rotatable bonds is 5. The zero-order valence-corrected chi connectivity index (χ0v) is 6.71. The van der Waals surface area contributed by atoms with Gasteiger partial charge in [-0.1, -0.05) is 31.5 Å². The predicted molar refractivity (Wildman–Crippen MR) is 43.5 cm³/mol. The largest absolute Gasteiger partial charge is 0.305 e. The lowest BCUT2D eigenvalue weighted by molar-refractivity contribution is 0.779. The van der Waals surface area contributed by atoms with Gasteiger partial charge in [-0.25, -0.2) is 6.57 Å². The van der Waals surface area contributed by atoms with Crippen molar-refractivity contribution in [3.05, 3.63) is 11.4 Å². The van der Waals surface area contributed by atoms with Gasteiger partial charge < -0.3 is 4.85 Å². The third-order valence-corrected chi connectivity index (χ3v) is 1.94. The third-order valence-electron chi connectivity index (χ3n) is 1.05. The summed E-state index contributed by atoms with van der Waals surface area (Å²) in [5.41, 5.74) is 0. The molecule has 0 saturated carbocycles. The molecule has 0 fully saturated rings. The van der Waals surface area contributed by atoms with Crippen LogP contribution in [0.15, 0.2) is 0 Å². The maximum Gasteiger partial charge on any atom is 0.260 e. The summed E-state index contributed by atoms with van der Waals surface area (Å²) in [6, 6.07) is 0. The van der Waals surface area contributed by atoms with Gasteiger partial charge in [-0.05, 0) is 6.42 Å². The minimum Gasteiger partial charge on any atom is -0.305 e. The van der Waals surface area contributed by atoms with Gasteiger partial charge in [0, 0.05) is 5.75 Å². The van der Waals surface area contributed by atoms with Crippen LogP contribution in [0.25, 0.3) is 4.85 Å². The van der Waals surface area contributed by atoms with E-state index >= 15 is 0 Å². The monoisotopic (exact) mass is 143 g/mol. The van der Waals surface area contributed by atoms with Crippen molar-refractivity contribution in [3.63, 3.8) is 0 Å². The summed E-state index contributed by atoms with van der Waals surface area (Å²) in [5.74, 6) is 1.81. The molecule has 0 amide bonds. The minimum absolute atomic E-state index is 0.643. The van der Waals surface area contributed by atoms with E-state index in [1.165, 1.54) is 19.3 Å². The lowest BCUT2D eigenvalue weighted by atomic mass is 10.3. The van der Waals surface area contributed by atoms with E-state index in [0.717, 1.165) is 5.75 Å². The van der Waals surface area contributed by atoms with Crippen LogP contribution in [0.2, 0.25) is 0 Å². The van der Waals surface area contributed by atoms with Crippen LogP contribution >= 0.6 is 11.8 Å². The zero-order chi connectivity index (χ0) is 6.95.